The lowest BCUT2D eigenvalue weighted by atomic mass is 9.86. The van der Waals surface area contributed by atoms with E-state index in [1.165, 1.54) is 37.1 Å². The molecule has 2 fully saturated rings. The van der Waals surface area contributed by atoms with Gasteiger partial charge < -0.3 is 4.74 Å². The number of nitrogens with zero attached hydrogens (tertiary/aromatic N) is 1. The molecule has 76 valence electrons. The maximum atomic E-state index is 5.89. The molecular formula is C11H15NOS. The van der Waals surface area contributed by atoms with Gasteiger partial charge in [-0.3, -0.25) is 0 Å². The molecule has 1 aromatic rings. The van der Waals surface area contributed by atoms with Gasteiger partial charge in [-0.2, -0.15) is 0 Å². The van der Waals surface area contributed by atoms with Gasteiger partial charge in [-0.15, -0.1) is 11.3 Å². The van der Waals surface area contributed by atoms with Crippen LogP contribution in [0.25, 0.3) is 0 Å². The van der Waals surface area contributed by atoms with Gasteiger partial charge in [-0.1, -0.05) is 19.3 Å². The average Bonchev–Trinajstić information content (AvgIpc) is 2.70. The van der Waals surface area contributed by atoms with E-state index < -0.39 is 0 Å². The Morgan fingerprint density at radius 2 is 2.21 bits per heavy atom. The van der Waals surface area contributed by atoms with E-state index in [0.717, 1.165) is 5.69 Å². The monoisotopic (exact) mass is 209 g/mol. The number of rotatable bonds is 1. The Bertz CT molecular complexity index is 341. The van der Waals surface area contributed by atoms with Crippen LogP contribution in [0.1, 0.15) is 48.9 Å². The fourth-order valence-electron chi connectivity index (χ4n) is 2.50. The van der Waals surface area contributed by atoms with Gasteiger partial charge >= 0.3 is 0 Å². The maximum Gasteiger partial charge on any atom is 0.139 e. The van der Waals surface area contributed by atoms with Gasteiger partial charge in [-0.05, 0) is 19.8 Å². The molecule has 3 heteroatoms. The van der Waals surface area contributed by atoms with Crippen molar-refractivity contribution in [1.82, 2.24) is 4.98 Å². The summed E-state index contributed by atoms with van der Waals surface area (Å²) in [7, 11) is 0. The summed E-state index contributed by atoms with van der Waals surface area (Å²) in [6.07, 6.45) is 6.88. The van der Waals surface area contributed by atoms with E-state index in [1.54, 1.807) is 11.3 Å². The highest BCUT2D eigenvalue weighted by molar-refractivity contribution is 7.09. The van der Waals surface area contributed by atoms with E-state index in [2.05, 4.69) is 17.3 Å². The number of epoxide rings is 1. The maximum absolute atomic E-state index is 5.89. The van der Waals surface area contributed by atoms with Crippen LogP contribution in [0.4, 0.5) is 0 Å². The topological polar surface area (TPSA) is 25.4 Å². The number of aromatic nitrogens is 1. The number of thiazole rings is 1. The molecule has 1 aromatic heterocycles. The standard InChI is InChI=1S/C11H15NOS/c1-8-7-14-10(12-8)9-11(13-9)5-3-2-4-6-11/h7,9H,2-6H2,1H3. The van der Waals surface area contributed by atoms with Crippen molar-refractivity contribution >= 4 is 11.3 Å². The summed E-state index contributed by atoms with van der Waals surface area (Å²) < 4.78 is 5.89. The molecule has 0 aromatic carbocycles. The first kappa shape index (κ1) is 8.86. The van der Waals surface area contributed by atoms with Crippen LogP contribution in [-0.4, -0.2) is 10.6 Å². The fraction of sp³-hybridized carbons (Fsp3) is 0.727. The van der Waals surface area contributed by atoms with Crippen molar-refractivity contribution in [3.05, 3.63) is 16.1 Å². The first-order chi connectivity index (χ1) is 6.80. The lowest BCUT2D eigenvalue weighted by Crippen LogP contribution is -2.16. The molecule has 14 heavy (non-hydrogen) atoms. The van der Waals surface area contributed by atoms with Crippen LogP contribution in [0.2, 0.25) is 0 Å². The molecule has 0 amide bonds. The Balaban J connectivity index is 1.77. The average molecular weight is 209 g/mol. The van der Waals surface area contributed by atoms with E-state index in [1.807, 2.05) is 0 Å². The van der Waals surface area contributed by atoms with Gasteiger partial charge in [-0.25, -0.2) is 4.98 Å². The molecule has 1 saturated heterocycles. The SMILES string of the molecule is Cc1csc(C2OC23CCCCC3)n1. The summed E-state index contributed by atoms with van der Waals surface area (Å²) in [4.78, 5) is 4.52. The molecule has 3 rings (SSSR count). The Labute approximate surface area is 88.3 Å². The zero-order chi connectivity index (χ0) is 9.60. The van der Waals surface area contributed by atoms with Crippen molar-refractivity contribution in [3.63, 3.8) is 0 Å². The normalized spacial score (nSPS) is 29.4. The Morgan fingerprint density at radius 1 is 1.43 bits per heavy atom. The number of hydrogen-bond acceptors (Lipinski definition) is 3. The van der Waals surface area contributed by atoms with Gasteiger partial charge in [0, 0.05) is 11.1 Å². The molecule has 1 aliphatic heterocycles. The van der Waals surface area contributed by atoms with Crippen LogP contribution < -0.4 is 0 Å². The van der Waals surface area contributed by atoms with Crippen molar-refractivity contribution in [2.24, 2.45) is 0 Å². The van der Waals surface area contributed by atoms with Crippen LogP contribution in [-0.2, 0) is 4.74 Å². The third-order valence-electron chi connectivity index (χ3n) is 3.33. The second-order valence-electron chi connectivity index (χ2n) is 4.45. The minimum absolute atomic E-state index is 0.211. The lowest BCUT2D eigenvalue weighted by Gasteiger charge is -2.17. The highest BCUT2D eigenvalue weighted by Gasteiger charge is 2.58. The molecule has 0 radical (unpaired) electrons. The molecular weight excluding hydrogens is 194 g/mol. The van der Waals surface area contributed by atoms with Crippen molar-refractivity contribution < 1.29 is 4.74 Å². The third kappa shape index (κ3) is 1.30. The third-order valence-corrected chi connectivity index (χ3v) is 4.34. The fourth-order valence-corrected chi connectivity index (χ4v) is 3.43. The second-order valence-corrected chi connectivity index (χ2v) is 5.34. The lowest BCUT2D eigenvalue weighted by molar-refractivity contribution is 0.233. The first-order valence-corrected chi connectivity index (χ1v) is 6.28. The summed E-state index contributed by atoms with van der Waals surface area (Å²) in [6, 6.07) is 0. The molecule has 2 nitrogen and oxygen atoms in total. The van der Waals surface area contributed by atoms with Crippen LogP contribution in [0, 0.1) is 6.92 Å². The molecule has 1 aliphatic carbocycles. The minimum Gasteiger partial charge on any atom is -0.358 e. The van der Waals surface area contributed by atoms with E-state index in [0.29, 0.717) is 6.10 Å². The predicted molar refractivity (Wildman–Crippen MR) is 56.5 cm³/mol. The van der Waals surface area contributed by atoms with Gasteiger partial charge in [0.1, 0.15) is 16.7 Å². The van der Waals surface area contributed by atoms with E-state index >= 15 is 0 Å². The largest absolute Gasteiger partial charge is 0.358 e. The van der Waals surface area contributed by atoms with Crippen molar-refractivity contribution in [2.75, 3.05) is 0 Å². The zero-order valence-corrected chi connectivity index (χ0v) is 9.27. The summed E-state index contributed by atoms with van der Waals surface area (Å²) >= 11 is 1.75. The van der Waals surface area contributed by atoms with Gasteiger partial charge in [0.2, 0.25) is 0 Å². The molecule has 2 aliphatic rings. The van der Waals surface area contributed by atoms with Crippen LogP contribution >= 0.6 is 11.3 Å². The second kappa shape index (κ2) is 3.04. The summed E-state index contributed by atoms with van der Waals surface area (Å²) in [6.45, 7) is 2.05. The number of hydrogen-bond donors (Lipinski definition) is 0. The van der Waals surface area contributed by atoms with Crippen LogP contribution in [0.15, 0.2) is 5.38 Å². The molecule has 0 bridgehead atoms. The van der Waals surface area contributed by atoms with Crippen molar-refractivity contribution in [3.8, 4) is 0 Å². The van der Waals surface area contributed by atoms with Gasteiger partial charge in [0.25, 0.3) is 0 Å². The zero-order valence-electron chi connectivity index (χ0n) is 8.45. The van der Waals surface area contributed by atoms with E-state index in [9.17, 15) is 0 Å². The quantitative estimate of drug-likeness (QED) is 0.663. The van der Waals surface area contributed by atoms with Gasteiger partial charge in [0.15, 0.2) is 0 Å². The Hall–Kier alpha value is -0.410. The smallest absolute Gasteiger partial charge is 0.139 e. The molecule has 0 N–H and O–H groups in total. The Kier molecular flexibility index (Phi) is 1.92. The summed E-state index contributed by atoms with van der Waals surface area (Å²) in [5, 5.41) is 3.32. The molecule has 1 atom stereocenters. The minimum atomic E-state index is 0.211. The first-order valence-electron chi connectivity index (χ1n) is 5.40. The Morgan fingerprint density at radius 3 is 2.86 bits per heavy atom. The number of ether oxygens (including phenoxy) is 1. The van der Waals surface area contributed by atoms with Crippen LogP contribution in [0.3, 0.4) is 0 Å². The molecule has 2 heterocycles. The van der Waals surface area contributed by atoms with E-state index in [-0.39, 0.29) is 5.60 Å². The summed E-state index contributed by atoms with van der Waals surface area (Å²) in [5.74, 6) is 0. The molecule has 1 saturated carbocycles. The highest BCUT2D eigenvalue weighted by atomic mass is 32.1. The molecule has 1 spiro atoms. The number of aryl methyl sites for hydroxylation is 1. The van der Waals surface area contributed by atoms with Crippen molar-refractivity contribution in [1.29, 1.82) is 0 Å². The van der Waals surface area contributed by atoms with Crippen molar-refractivity contribution in [2.45, 2.75) is 50.7 Å². The predicted octanol–water partition coefficient (Wildman–Crippen LogP) is 3.23. The van der Waals surface area contributed by atoms with Gasteiger partial charge in [0.05, 0.1) is 0 Å². The van der Waals surface area contributed by atoms with E-state index in [4.69, 9.17) is 4.74 Å². The molecule has 1 unspecified atom stereocenters. The van der Waals surface area contributed by atoms with Crippen LogP contribution in [0.5, 0.6) is 0 Å². The summed E-state index contributed by atoms with van der Waals surface area (Å²) in [5.41, 5.74) is 1.34. The highest BCUT2D eigenvalue weighted by Crippen LogP contribution is 2.57.